The summed E-state index contributed by atoms with van der Waals surface area (Å²) < 4.78 is 13.9. The zero-order chi connectivity index (χ0) is 14.1. The lowest BCUT2D eigenvalue weighted by Gasteiger charge is -2.37. The predicted octanol–water partition coefficient (Wildman–Crippen LogP) is 2.91. The van der Waals surface area contributed by atoms with Gasteiger partial charge in [0.2, 0.25) is 0 Å². The summed E-state index contributed by atoms with van der Waals surface area (Å²) in [5.41, 5.74) is 3.26. The Hall–Kier alpha value is -2.07. The fraction of sp³-hybridized carbons (Fsp3) is 0.250. The summed E-state index contributed by atoms with van der Waals surface area (Å²) in [5.74, 6) is -0.360. The van der Waals surface area contributed by atoms with Gasteiger partial charge >= 0.3 is 0 Å². The van der Waals surface area contributed by atoms with Crippen LogP contribution in [0.1, 0.15) is 5.56 Å². The second-order valence-electron chi connectivity index (χ2n) is 4.96. The molecule has 0 radical (unpaired) electrons. The number of fused-ring (bicyclic) bond motifs is 1. The van der Waals surface area contributed by atoms with Crippen LogP contribution in [0.4, 0.5) is 21.5 Å². The Morgan fingerprint density at radius 3 is 2.45 bits per heavy atom. The van der Waals surface area contributed by atoms with E-state index in [0.29, 0.717) is 5.56 Å². The van der Waals surface area contributed by atoms with Crippen LogP contribution in [0.5, 0.6) is 0 Å². The lowest BCUT2D eigenvalue weighted by atomic mass is 10.1. The quantitative estimate of drug-likeness (QED) is 0.910. The van der Waals surface area contributed by atoms with Crippen LogP contribution in [-0.2, 0) is 6.61 Å². The van der Waals surface area contributed by atoms with Gasteiger partial charge in [-0.1, -0.05) is 18.2 Å². The molecule has 4 heteroatoms. The molecule has 0 fully saturated rings. The molecule has 2 aromatic carbocycles. The molecular weight excluding hydrogens is 255 g/mol. The molecule has 1 N–H and O–H groups in total. The molecule has 0 aliphatic carbocycles. The van der Waals surface area contributed by atoms with E-state index in [1.54, 1.807) is 6.07 Å². The minimum absolute atomic E-state index is 0.295. The molecule has 1 aliphatic rings. The average Bonchev–Trinajstić information content (AvgIpc) is 2.48. The fourth-order valence-electron chi connectivity index (χ4n) is 2.71. The van der Waals surface area contributed by atoms with E-state index in [0.717, 1.165) is 30.2 Å². The van der Waals surface area contributed by atoms with Crippen LogP contribution in [-0.4, -0.2) is 25.2 Å². The highest BCUT2D eigenvalue weighted by Gasteiger charge is 2.23. The van der Waals surface area contributed by atoms with Gasteiger partial charge in [0.25, 0.3) is 0 Å². The summed E-state index contributed by atoms with van der Waals surface area (Å²) in [5, 5.41) is 9.45. The van der Waals surface area contributed by atoms with E-state index in [4.69, 9.17) is 0 Å². The van der Waals surface area contributed by atoms with Gasteiger partial charge in [-0.05, 0) is 24.3 Å². The Morgan fingerprint density at radius 1 is 1.00 bits per heavy atom. The van der Waals surface area contributed by atoms with Crippen molar-refractivity contribution in [1.82, 2.24) is 0 Å². The zero-order valence-corrected chi connectivity index (χ0v) is 11.4. The van der Waals surface area contributed by atoms with Crippen LogP contribution in [0.2, 0.25) is 0 Å². The van der Waals surface area contributed by atoms with Crippen molar-refractivity contribution in [3.05, 3.63) is 53.8 Å². The molecule has 104 valence electrons. The third-order valence-electron chi connectivity index (χ3n) is 3.79. The van der Waals surface area contributed by atoms with Crippen molar-refractivity contribution in [2.45, 2.75) is 6.61 Å². The van der Waals surface area contributed by atoms with E-state index < -0.39 is 0 Å². The number of likely N-dealkylation sites (N-methyl/N-ethyl adjacent to an activating group) is 1. The highest BCUT2D eigenvalue weighted by molar-refractivity contribution is 5.80. The number of hydrogen-bond acceptors (Lipinski definition) is 3. The van der Waals surface area contributed by atoms with Gasteiger partial charge in [-0.15, -0.1) is 0 Å². The topological polar surface area (TPSA) is 26.7 Å². The number of rotatable bonds is 2. The summed E-state index contributed by atoms with van der Waals surface area (Å²) in [6.07, 6.45) is 0. The molecule has 3 rings (SSSR count). The maximum atomic E-state index is 13.9. The molecule has 20 heavy (non-hydrogen) atoms. The van der Waals surface area contributed by atoms with Gasteiger partial charge in [0, 0.05) is 31.4 Å². The number of benzene rings is 2. The molecule has 1 aliphatic heterocycles. The Labute approximate surface area is 117 Å². The molecule has 0 amide bonds. The number of aliphatic hydroxyl groups is 1. The Kier molecular flexibility index (Phi) is 3.32. The van der Waals surface area contributed by atoms with Crippen LogP contribution < -0.4 is 9.80 Å². The highest BCUT2D eigenvalue weighted by Crippen LogP contribution is 2.38. The smallest absolute Gasteiger partial charge is 0.130 e. The molecule has 0 spiro atoms. The molecule has 1 heterocycles. The van der Waals surface area contributed by atoms with Crippen LogP contribution >= 0.6 is 0 Å². The first-order valence-electron chi connectivity index (χ1n) is 6.68. The number of halogens is 1. The molecule has 3 nitrogen and oxygen atoms in total. The average molecular weight is 272 g/mol. The van der Waals surface area contributed by atoms with E-state index in [9.17, 15) is 9.50 Å². The van der Waals surface area contributed by atoms with Gasteiger partial charge in [-0.3, -0.25) is 0 Å². The van der Waals surface area contributed by atoms with Crippen LogP contribution in [0, 0.1) is 5.82 Å². The van der Waals surface area contributed by atoms with Gasteiger partial charge in [-0.2, -0.15) is 0 Å². The first kappa shape index (κ1) is 12.9. The Morgan fingerprint density at radius 2 is 1.70 bits per heavy atom. The van der Waals surface area contributed by atoms with Gasteiger partial charge in [0.05, 0.1) is 18.0 Å². The van der Waals surface area contributed by atoms with Crippen molar-refractivity contribution in [2.24, 2.45) is 0 Å². The minimum Gasteiger partial charge on any atom is -0.391 e. The number of aliphatic hydroxyl groups excluding tert-OH is 1. The molecule has 0 unspecified atom stereocenters. The van der Waals surface area contributed by atoms with E-state index in [2.05, 4.69) is 22.9 Å². The maximum absolute atomic E-state index is 13.9. The Balaban J connectivity index is 2.13. The summed E-state index contributed by atoms with van der Waals surface area (Å²) >= 11 is 0. The Bertz CT molecular complexity index is 630. The fourth-order valence-corrected chi connectivity index (χ4v) is 2.71. The van der Waals surface area contributed by atoms with Crippen molar-refractivity contribution >= 4 is 17.1 Å². The van der Waals surface area contributed by atoms with Gasteiger partial charge in [0.15, 0.2) is 0 Å². The second-order valence-corrected chi connectivity index (χ2v) is 4.96. The van der Waals surface area contributed by atoms with Crippen LogP contribution in [0.15, 0.2) is 42.5 Å². The first-order chi connectivity index (χ1) is 9.72. The molecular formula is C16H17FN2O. The van der Waals surface area contributed by atoms with Crippen LogP contribution in [0.25, 0.3) is 0 Å². The molecule has 0 saturated carbocycles. The van der Waals surface area contributed by atoms with Gasteiger partial charge in [-0.25, -0.2) is 4.39 Å². The maximum Gasteiger partial charge on any atom is 0.130 e. The predicted molar refractivity (Wildman–Crippen MR) is 79.0 cm³/mol. The van der Waals surface area contributed by atoms with E-state index >= 15 is 0 Å². The zero-order valence-electron chi connectivity index (χ0n) is 11.4. The monoisotopic (exact) mass is 272 g/mol. The number of para-hydroxylation sites is 2. The lowest BCUT2D eigenvalue weighted by molar-refractivity contribution is 0.276. The van der Waals surface area contributed by atoms with E-state index in [1.807, 2.05) is 24.3 Å². The summed E-state index contributed by atoms with van der Waals surface area (Å²) in [6, 6.07) is 13.0. The lowest BCUT2D eigenvalue weighted by Crippen LogP contribution is -2.36. The third-order valence-corrected chi connectivity index (χ3v) is 3.79. The van der Waals surface area contributed by atoms with Crippen molar-refractivity contribution in [3.63, 3.8) is 0 Å². The number of hydrogen-bond donors (Lipinski definition) is 1. The van der Waals surface area contributed by atoms with Crippen molar-refractivity contribution < 1.29 is 9.50 Å². The molecule has 0 atom stereocenters. The SMILES string of the molecule is CN1CCN(c2cccc(F)c2CO)c2ccccc21. The molecule has 0 saturated heterocycles. The van der Waals surface area contributed by atoms with Crippen molar-refractivity contribution in [1.29, 1.82) is 0 Å². The van der Waals surface area contributed by atoms with Crippen molar-refractivity contribution in [3.8, 4) is 0 Å². The van der Waals surface area contributed by atoms with Crippen LogP contribution in [0.3, 0.4) is 0 Å². The normalized spacial score (nSPS) is 14.3. The summed E-state index contributed by atoms with van der Waals surface area (Å²) in [6.45, 7) is 1.33. The summed E-state index contributed by atoms with van der Waals surface area (Å²) in [4.78, 5) is 4.26. The molecule has 2 aromatic rings. The highest BCUT2D eigenvalue weighted by atomic mass is 19.1. The summed E-state index contributed by atoms with van der Waals surface area (Å²) in [7, 11) is 2.05. The molecule has 0 aromatic heterocycles. The van der Waals surface area contributed by atoms with E-state index in [-0.39, 0.29) is 12.4 Å². The van der Waals surface area contributed by atoms with Gasteiger partial charge < -0.3 is 14.9 Å². The number of anilines is 3. The van der Waals surface area contributed by atoms with Crippen molar-refractivity contribution in [2.75, 3.05) is 29.9 Å². The van der Waals surface area contributed by atoms with Gasteiger partial charge in [0.1, 0.15) is 5.82 Å². The first-order valence-corrected chi connectivity index (χ1v) is 6.68. The standard InChI is InChI=1S/C16H17FN2O/c1-18-9-10-19(16-7-3-2-6-15(16)18)14-8-4-5-13(17)12(14)11-20/h2-8,20H,9-11H2,1H3. The minimum atomic E-state index is -0.360. The number of nitrogens with zero attached hydrogens (tertiary/aromatic N) is 2. The largest absolute Gasteiger partial charge is 0.391 e. The third kappa shape index (κ3) is 2.02. The van der Waals surface area contributed by atoms with E-state index in [1.165, 1.54) is 6.07 Å². The molecule has 0 bridgehead atoms. The second kappa shape index (κ2) is 5.13.